The van der Waals surface area contributed by atoms with Crippen molar-refractivity contribution >= 4 is 19.8 Å². The lowest BCUT2D eigenvalue weighted by Gasteiger charge is -2.19. The minimum absolute atomic E-state index is 0.114. The molecule has 0 unspecified atom stereocenters. The summed E-state index contributed by atoms with van der Waals surface area (Å²) in [7, 11) is -4.85. The highest BCUT2D eigenvalue weighted by molar-refractivity contribution is 7.46. The summed E-state index contributed by atoms with van der Waals surface area (Å²) < 4.78 is 26.2. The van der Waals surface area contributed by atoms with E-state index in [1.54, 1.807) is 6.08 Å². The van der Waals surface area contributed by atoms with Gasteiger partial charge in [0.15, 0.2) is 6.10 Å². The minimum atomic E-state index is -4.85. The average molecular weight is 779 g/mol. The van der Waals surface area contributed by atoms with Gasteiger partial charge < -0.3 is 29.5 Å². The fraction of sp³-hybridized carbons (Fsp3) is 0.628. The number of unbranched alkanes of at least 4 members (excludes halogenated alkanes) is 7. The van der Waals surface area contributed by atoms with Crippen LogP contribution >= 0.6 is 7.82 Å². The molecule has 0 aliphatic rings. The zero-order valence-electron chi connectivity index (χ0n) is 33.1. The molecular formula is C43H71O10P. The number of allylic oxidation sites excluding steroid dienone is 13. The normalized spacial score (nSPS) is 14.6. The van der Waals surface area contributed by atoms with Gasteiger partial charge in [0.1, 0.15) is 6.61 Å². The number of aliphatic hydroxyl groups is 2. The molecule has 0 fully saturated rings. The Morgan fingerprint density at radius 2 is 1.07 bits per heavy atom. The van der Waals surface area contributed by atoms with Gasteiger partial charge in [-0.25, -0.2) is 4.57 Å². The quantitative estimate of drug-likeness (QED) is 0.0211. The van der Waals surface area contributed by atoms with E-state index in [2.05, 4.69) is 85.2 Å². The first kappa shape index (κ1) is 51.1. The first-order chi connectivity index (χ1) is 26.1. The van der Waals surface area contributed by atoms with Gasteiger partial charge in [-0.15, -0.1) is 0 Å². The Hall–Kier alpha value is -2.85. The molecule has 308 valence electrons. The lowest BCUT2D eigenvalue weighted by molar-refractivity contribution is -0.161. The van der Waals surface area contributed by atoms with Crippen molar-refractivity contribution in [3.05, 3.63) is 85.1 Å². The zero-order chi connectivity index (χ0) is 40.0. The fourth-order valence-electron chi connectivity index (χ4n) is 4.99. The van der Waals surface area contributed by atoms with Gasteiger partial charge in [0.2, 0.25) is 0 Å². The smallest absolute Gasteiger partial charge is 0.462 e. The van der Waals surface area contributed by atoms with Crippen molar-refractivity contribution in [2.24, 2.45) is 0 Å². The van der Waals surface area contributed by atoms with E-state index in [1.807, 2.05) is 12.2 Å². The summed E-state index contributed by atoms with van der Waals surface area (Å²) in [4.78, 5) is 42.9. The number of carbonyl (C=O) groups is 2. The molecule has 0 heterocycles. The third-order valence-electron chi connectivity index (χ3n) is 8.10. The molecule has 11 heteroatoms. The highest BCUT2D eigenvalue weighted by Gasteiger charge is 2.23. The lowest BCUT2D eigenvalue weighted by atomic mass is 10.0. The van der Waals surface area contributed by atoms with Gasteiger partial charge in [-0.1, -0.05) is 125 Å². The number of aliphatic hydroxyl groups excluding tert-OH is 2. The maximum absolute atomic E-state index is 12.4. The van der Waals surface area contributed by atoms with Gasteiger partial charge in [0, 0.05) is 12.8 Å². The Bertz CT molecular complexity index is 1180. The van der Waals surface area contributed by atoms with Crippen molar-refractivity contribution in [3.63, 3.8) is 0 Å². The van der Waals surface area contributed by atoms with Crippen LogP contribution in [0.5, 0.6) is 0 Å². The fourth-order valence-corrected chi connectivity index (χ4v) is 5.36. The van der Waals surface area contributed by atoms with Crippen molar-refractivity contribution in [2.45, 2.75) is 161 Å². The van der Waals surface area contributed by atoms with Gasteiger partial charge in [0.05, 0.1) is 18.8 Å². The maximum atomic E-state index is 12.4. The van der Waals surface area contributed by atoms with Crippen molar-refractivity contribution < 1.29 is 48.2 Å². The summed E-state index contributed by atoms with van der Waals surface area (Å²) in [5.41, 5.74) is 0. The van der Waals surface area contributed by atoms with Crippen molar-refractivity contribution in [1.29, 1.82) is 0 Å². The van der Waals surface area contributed by atoms with E-state index in [1.165, 1.54) is 19.3 Å². The standard InChI is InChI=1S/C43H71O10P/c1-3-5-7-9-11-13-15-17-18-19-20-21-23-25-27-29-31-35-42(46)51-37-39(38-52-54(48,49)50)53-43(47)36-32-34-41(45)40(44)33-30-28-26-24-22-16-14-12-10-8-6-4-2/h6,8,11-14,17-18,20-22,24,28,30,39-41,44-45H,3-5,7,9-10,15-16,19,23,25-27,29,31-38H2,1-2H3,(H2,48,49,50)/b8-6-,13-11-,14-12-,18-17-,21-20-,24-22-,30-28-/t39-,40-,41-/m1/s1. The zero-order valence-corrected chi connectivity index (χ0v) is 34.0. The molecule has 0 amide bonds. The summed E-state index contributed by atoms with van der Waals surface area (Å²) in [5, 5.41) is 20.5. The number of phosphoric ester groups is 1. The van der Waals surface area contributed by atoms with Crippen LogP contribution in [0.15, 0.2) is 85.1 Å². The van der Waals surface area contributed by atoms with E-state index in [4.69, 9.17) is 19.3 Å². The molecule has 0 aliphatic carbocycles. The van der Waals surface area contributed by atoms with Crippen LogP contribution in [0, 0.1) is 0 Å². The van der Waals surface area contributed by atoms with E-state index in [0.717, 1.165) is 70.6 Å². The number of rotatable bonds is 35. The molecule has 0 spiro atoms. The molecule has 0 bridgehead atoms. The highest BCUT2D eigenvalue weighted by Crippen LogP contribution is 2.36. The van der Waals surface area contributed by atoms with Gasteiger partial charge in [-0.2, -0.15) is 0 Å². The first-order valence-electron chi connectivity index (χ1n) is 20.0. The van der Waals surface area contributed by atoms with Crippen LogP contribution in [0.2, 0.25) is 0 Å². The molecule has 0 aromatic heterocycles. The molecule has 0 rings (SSSR count). The second-order valence-electron chi connectivity index (χ2n) is 13.2. The second-order valence-corrected chi connectivity index (χ2v) is 14.4. The SMILES string of the molecule is CC/C=C\C/C=C\C/C=C\C/C=C\C[C@@H](O)[C@H](O)CCCC(=O)O[C@H](COC(=O)CCCCCC/C=C\C/C=C\C/C=C\CCCCC)COP(=O)(O)O. The highest BCUT2D eigenvalue weighted by atomic mass is 31.2. The summed E-state index contributed by atoms with van der Waals surface area (Å²) in [6.07, 6.45) is 41.9. The second kappa shape index (κ2) is 37.1. The Morgan fingerprint density at radius 1 is 0.574 bits per heavy atom. The molecule has 0 saturated carbocycles. The molecule has 4 N–H and O–H groups in total. The number of esters is 2. The van der Waals surface area contributed by atoms with Gasteiger partial charge in [0.25, 0.3) is 0 Å². The maximum Gasteiger partial charge on any atom is 0.469 e. The van der Waals surface area contributed by atoms with Crippen LogP contribution in [0.25, 0.3) is 0 Å². The van der Waals surface area contributed by atoms with Crippen LogP contribution in [-0.2, 0) is 28.2 Å². The van der Waals surface area contributed by atoms with E-state index >= 15 is 0 Å². The van der Waals surface area contributed by atoms with Crippen LogP contribution < -0.4 is 0 Å². The van der Waals surface area contributed by atoms with Gasteiger partial charge >= 0.3 is 19.8 Å². The predicted octanol–water partition coefficient (Wildman–Crippen LogP) is 10.0. The number of hydrogen-bond donors (Lipinski definition) is 4. The molecule has 3 atom stereocenters. The number of phosphoric acid groups is 1. The van der Waals surface area contributed by atoms with Crippen molar-refractivity contribution in [3.8, 4) is 0 Å². The summed E-state index contributed by atoms with van der Waals surface area (Å²) >= 11 is 0. The van der Waals surface area contributed by atoms with E-state index in [9.17, 15) is 24.4 Å². The van der Waals surface area contributed by atoms with Gasteiger partial charge in [-0.3, -0.25) is 14.1 Å². The summed E-state index contributed by atoms with van der Waals surface area (Å²) in [5.74, 6) is -1.21. The lowest BCUT2D eigenvalue weighted by Crippen LogP contribution is -2.30. The number of ether oxygens (including phenoxy) is 2. The third-order valence-corrected chi connectivity index (χ3v) is 8.58. The van der Waals surface area contributed by atoms with Crippen LogP contribution in [-0.4, -0.2) is 63.5 Å². The van der Waals surface area contributed by atoms with E-state index in [-0.39, 0.29) is 32.1 Å². The third kappa shape index (κ3) is 37.5. The summed E-state index contributed by atoms with van der Waals surface area (Å²) in [6.45, 7) is 3.26. The molecule has 54 heavy (non-hydrogen) atoms. The Morgan fingerprint density at radius 3 is 1.63 bits per heavy atom. The van der Waals surface area contributed by atoms with Crippen LogP contribution in [0.3, 0.4) is 0 Å². The molecule has 0 aromatic carbocycles. The van der Waals surface area contributed by atoms with Crippen molar-refractivity contribution in [2.75, 3.05) is 13.2 Å². The topological polar surface area (TPSA) is 160 Å². The monoisotopic (exact) mass is 778 g/mol. The largest absolute Gasteiger partial charge is 0.469 e. The average Bonchev–Trinajstić information content (AvgIpc) is 3.13. The molecule has 0 radical (unpaired) electrons. The Balaban J connectivity index is 4.26. The van der Waals surface area contributed by atoms with E-state index < -0.39 is 51.3 Å². The van der Waals surface area contributed by atoms with Crippen LogP contribution in [0.1, 0.15) is 142 Å². The van der Waals surface area contributed by atoms with Crippen molar-refractivity contribution in [1.82, 2.24) is 0 Å². The first-order valence-corrected chi connectivity index (χ1v) is 21.6. The predicted molar refractivity (Wildman–Crippen MR) is 219 cm³/mol. The Labute approximate surface area is 326 Å². The molecule has 0 aromatic rings. The molecule has 0 aliphatic heterocycles. The van der Waals surface area contributed by atoms with Gasteiger partial charge in [-0.05, 0) is 89.9 Å². The Kier molecular flexibility index (Phi) is 35.1. The molecular weight excluding hydrogens is 707 g/mol. The number of hydrogen-bond acceptors (Lipinski definition) is 8. The van der Waals surface area contributed by atoms with Crippen LogP contribution in [0.4, 0.5) is 0 Å². The molecule has 0 saturated heterocycles. The molecule has 10 nitrogen and oxygen atoms in total. The minimum Gasteiger partial charge on any atom is -0.462 e. The summed E-state index contributed by atoms with van der Waals surface area (Å²) in [6, 6.07) is 0. The number of carbonyl (C=O) groups excluding carboxylic acids is 2. The van der Waals surface area contributed by atoms with E-state index in [0.29, 0.717) is 6.42 Å².